The third-order valence-corrected chi connectivity index (χ3v) is 4.92. The molecule has 0 aromatic carbocycles. The van der Waals surface area contributed by atoms with E-state index in [2.05, 4.69) is 29.1 Å². The first-order valence-corrected chi connectivity index (χ1v) is 8.39. The number of rotatable bonds is 4. The summed E-state index contributed by atoms with van der Waals surface area (Å²) in [6.07, 6.45) is 6.52. The van der Waals surface area contributed by atoms with E-state index in [-0.39, 0.29) is 0 Å². The first-order chi connectivity index (χ1) is 9.70. The Morgan fingerprint density at radius 1 is 1.25 bits per heavy atom. The van der Waals surface area contributed by atoms with Gasteiger partial charge >= 0.3 is 0 Å². The number of amides is 1. The molecule has 0 saturated carbocycles. The van der Waals surface area contributed by atoms with Crippen LogP contribution < -0.4 is 5.32 Å². The van der Waals surface area contributed by atoms with Crippen molar-refractivity contribution in [2.75, 3.05) is 39.8 Å². The minimum atomic E-state index is 0.394. The van der Waals surface area contributed by atoms with Gasteiger partial charge in [0.05, 0.1) is 0 Å². The van der Waals surface area contributed by atoms with Crippen molar-refractivity contribution in [1.29, 1.82) is 0 Å². The molecule has 2 aliphatic heterocycles. The van der Waals surface area contributed by atoms with Crippen molar-refractivity contribution in [3.8, 4) is 0 Å². The van der Waals surface area contributed by atoms with E-state index in [1.165, 1.54) is 12.8 Å². The van der Waals surface area contributed by atoms with Crippen LogP contribution in [0.1, 0.15) is 45.4 Å². The number of hydrogen-bond donors (Lipinski definition) is 1. The lowest BCUT2D eigenvalue weighted by Crippen LogP contribution is -2.43. The lowest BCUT2D eigenvalue weighted by molar-refractivity contribution is -0.133. The van der Waals surface area contributed by atoms with Crippen molar-refractivity contribution in [2.45, 2.75) is 51.5 Å². The van der Waals surface area contributed by atoms with E-state index in [1.54, 1.807) is 0 Å². The van der Waals surface area contributed by atoms with Gasteiger partial charge in [-0.05, 0) is 64.7 Å². The van der Waals surface area contributed by atoms with E-state index in [0.29, 0.717) is 11.9 Å². The maximum absolute atomic E-state index is 12.6. The highest BCUT2D eigenvalue weighted by atomic mass is 16.2. The smallest absolute Gasteiger partial charge is 0.222 e. The molecule has 4 nitrogen and oxygen atoms in total. The summed E-state index contributed by atoms with van der Waals surface area (Å²) in [5.74, 6) is 1.15. The summed E-state index contributed by atoms with van der Waals surface area (Å²) in [5, 5.41) is 3.39. The van der Waals surface area contributed by atoms with Crippen LogP contribution in [-0.4, -0.2) is 61.5 Å². The normalized spacial score (nSPS) is 26.5. The average molecular weight is 281 g/mol. The second kappa shape index (κ2) is 7.99. The monoisotopic (exact) mass is 281 g/mol. The van der Waals surface area contributed by atoms with Crippen LogP contribution in [0.5, 0.6) is 0 Å². The standard InChI is InChI=1S/C16H31N3O/c1-3-15-13-18(2)11-4-12-19(15)16(20)6-5-14-7-9-17-10-8-14/h14-15,17H,3-13H2,1-2H3. The summed E-state index contributed by atoms with van der Waals surface area (Å²) in [6.45, 7) is 7.57. The molecule has 2 heterocycles. The van der Waals surface area contributed by atoms with E-state index < -0.39 is 0 Å². The number of likely N-dealkylation sites (N-methyl/N-ethyl adjacent to an activating group) is 1. The van der Waals surface area contributed by atoms with Gasteiger partial charge in [-0.2, -0.15) is 0 Å². The third kappa shape index (κ3) is 4.45. The Labute approximate surface area is 123 Å². The van der Waals surface area contributed by atoms with E-state index in [4.69, 9.17) is 0 Å². The molecule has 2 aliphatic rings. The van der Waals surface area contributed by atoms with Gasteiger partial charge in [0.1, 0.15) is 0 Å². The second-order valence-corrected chi connectivity index (χ2v) is 6.50. The van der Waals surface area contributed by atoms with E-state index in [0.717, 1.165) is 64.3 Å². The van der Waals surface area contributed by atoms with Gasteiger partial charge in [-0.3, -0.25) is 4.79 Å². The van der Waals surface area contributed by atoms with Crippen molar-refractivity contribution in [2.24, 2.45) is 5.92 Å². The molecule has 116 valence electrons. The lowest BCUT2D eigenvalue weighted by Gasteiger charge is -2.31. The summed E-state index contributed by atoms with van der Waals surface area (Å²) in [7, 11) is 2.17. The van der Waals surface area contributed by atoms with Crippen molar-refractivity contribution < 1.29 is 4.79 Å². The SMILES string of the molecule is CCC1CN(C)CCCN1C(=O)CCC1CCNCC1. The number of piperidine rings is 1. The third-order valence-electron chi connectivity index (χ3n) is 4.92. The Bertz CT molecular complexity index is 302. The predicted molar refractivity (Wildman–Crippen MR) is 82.7 cm³/mol. The fraction of sp³-hybridized carbons (Fsp3) is 0.938. The Hall–Kier alpha value is -0.610. The van der Waals surface area contributed by atoms with Crippen molar-refractivity contribution >= 4 is 5.91 Å². The molecule has 2 saturated heterocycles. The van der Waals surface area contributed by atoms with Gasteiger partial charge in [-0.25, -0.2) is 0 Å². The first kappa shape index (κ1) is 15.8. The van der Waals surface area contributed by atoms with Gasteiger partial charge in [-0.1, -0.05) is 6.92 Å². The quantitative estimate of drug-likeness (QED) is 0.852. The van der Waals surface area contributed by atoms with Crippen LogP contribution >= 0.6 is 0 Å². The summed E-state index contributed by atoms with van der Waals surface area (Å²) in [6, 6.07) is 0.419. The predicted octanol–water partition coefficient (Wildman–Crippen LogP) is 1.71. The van der Waals surface area contributed by atoms with Crippen molar-refractivity contribution in [1.82, 2.24) is 15.1 Å². The van der Waals surface area contributed by atoms with Gasteiger partial charge in [0.2, 0.25) is 5.91 Å². The molecular weight excluding hydrogens is 250 g/mol. The zero-order valence-corrected chi connectivity index (χ0v) is 13.2. The number of carbonyl (C=O) groups is 1. The van der Waals surface area contributed by atoms with Crippen LogP contribution in [0, 0.1) is 5.92 Å². The zero-order chi connectivity index (χ0) is 14.4. The molecule has 1 amide bonds. The topological polar surface area (TPSA) is 35.6 Å². The average Bonchev–Trinajstić information content (AvgIpc) is 2.67. The Balaban J connectivity index is 1.82. The van der Waals surface area contributed by atoms with Gasteiger partial charge in [0.25, 0.3) is 0 Å². The molecule has 0 spiro atoms. The molecule has 2 rings (SSSR count). The highest BCUT2D eigenvalue weighted by Crippen LogP contribution is 2.20. The number of carbonyl (C=O) groups excluding carboxylic acids is 1. The highest BCUT2D eigenvalue weighted by molar-refractivity contribution is 5.76. The number of nitrogens with one attached hydrogen (secondary N) is 1. The largest absolute Gasteiger partial charge is 0.338 e. The van der Waals surface area contributed by atoms with Gasteiger partial charge in [-0.15, -0.1) is 0 Å². The molecule has 2 fully saturated rings. The molecule has 20 heavy (non-hydrogen) atoms. The van der Waals surface area contributed by atoms with E-state index >= 15 is 0 Å². The molecule has 0 aromatic heterocycles. The second-order valence-electron chi connectivity index (χ2n) is 6.50. The Morgan fingerprint density at radius 3 is 2.70 bits per heavy atom. The van der Waals surface area contributed by atoms with Crippen LogP contribution in [0.3, 0.4) is 0 Å². The van der Waals surface area contributed by atoms with Gasteiger partial charge in [0.15, 0.2) is 0 Å². The molecule has 0 radical (unpaired) electrons. The number of hydrogen-bond acceptors (Lipinski definition) is 3. The first-order valence-electron chi connectivity index (χ1n) is 8.39. The summed E-state index contributed by atoms with van der Waals surface area (Å²) in [4.78, 5) is 17.1. The highest BCUT2D eigenvalue weighted by Gasteiger charge is 2.26. The molecule has 1 atom stereocenters. The minimum absolute atomic E-state index is 0.394. The van der Waals surface area contributed by atoms with Gasteiger partial charge < -0.3 is 15.1 Å². The van der Waals surface area contributed by atoms with Crippen LogP contribution in [0.4, 0.5) is 0 Å². The Morgan fingerprint density at radius 2 is 2.00 bits per heavy atom. The fourth-order valence-electron chi connectivity index (χ4n) is 3.56. The van der Waals surface area contributed by atoms with Crippen molar-refractivity contribution in [3.63, 3.8) is 0 Å². The van der Waals surface area contributed by atoms with Crippen LogP contribution in [0.25, 0.3) is 0 Å². The van der Waals surface area contributed by atoms with Crippen LogP contribution in [0.2, 0.25) is 0 Å². The van der Waals surface area contributed by atoms with Crippen LogP contribution in [-0.2, 0) is 4.79 Å². The van der Waals surface area contributed by atoms with Gasteiger partial charge in [0, 0.05) is 25.6 Å². The molecule has 1 unspecified atom stereocenters. The Kier molecular flexibility index (Phi) is 6.30. The molecule has 1 N–H and O–H groups in total. The van der Waals surface area contributed by atoms with E-state index in [9.17, 15) is 4.79 Å². The number of nitrogens with zero attached hydrogens (tertiary/aromatic N) is 2. The molecular formula is C16H31N3O. The maximum Gasteiger partial charge on any atom is 0.222 e. The molecule has 0 aromatic rings. The maximum atomic E-state index is 12.6. The zero-order valence-electron chi connectivity index (χ0n) is 13.2. The summed E-state index contributed by atoms with van der Waals surface area (Å²) < 4.78 is 0. The molecule has 0 bridgehead atoms. The molecule has 4 heteroatoms. The molecule has 0 aliphatic carbocycles. The van der Waals surface area contributed by atoms with Crippen LogP contribution in [0.15, 0.2) is 0 Å². The summed E-state index contributed by atoms with van der Waals surface area (Å²) >= 11 is 0. The lowest BCUT2D eigenvalue weighted by atomic mass is 9.93. The fourth-order valence-corrected chi connectivity index (χ4v) is 3.56. The van der Waals surface area contributed by atoms with E-state index in [1.807, 2.05) is 0 Å². The minimum Gasteiger partial charge on any atom is -0.338 e. The van der Waals surface area contributed by atoms with Crippen molar-refractivity contribution in [3.05, 3.63) is 0 Å². The summed E-state index contributed by atoms with van der Waals surface area (Å²) in [5.41, 5.74) is 0.